The Balaban J connectivity index is 3.87. The molecule has 0 saturated heterocycles. The lowest BCUT2D eigenvalue weighted by molar-refractivity contribution is -0.140. The van der Waals surface area contributed by atoms with Gasteiger partial charge in [-0.2, -0.15) is 0 Å². The molecular formula is C19H41N7O3. The van der Waals surface area contributed by atoms with E-state index in [0.29, 0.717) is 32.7 Å². The lowest BCUT2D eigenvalue weighted by Gasteiger charge is -2.18. The van der Waals surface area contributed by atoms with Gasteiger partial charge in [-0.3, -0.25) is 15.0 Å². The van der Waals surface area contributed by atoms with Gasteiger partial charge >= 0.3 is 0 Å². The number of unbranched alkanes of at least 4 members (excludes halogenated alkanes) is 4. The van der Waals surface area contributed by atoms with Crippen molar-refractivity contribution in [3.05, 3.63) is 0 Å². The molecule has 0 heterocycles. The first-order valence-corrected chi connectivity index (χ1v) is 10.7. The molecule has 10 heteroatoms. The third-order valence-electron chi connectivity index (χ3n) is 4.15. The van der Waals surface area contributed by atoms with Gasteiger partial charge in [0.15, 0.2) is 5.96 Å². The number of hydrogen-bond acceptors (Lipinski definition) is 6. The first kappa shape index (κ1) is 27.1. The number of guanidine groups is 1. The Morgan fingerprint density at radius 1 is 0.931 bits per heavy atom. The second kappa shape index (κ2) is 19.4. The largest absolute Gasteiger partial charge is 0.370 e. The van der Waals surface area contributed by atoms with Gasteiger partial charge < -0.3 is 37.5 Å². The molecule has 0 aromatic rings. The zero-order valence-electron chi connectivity index (χ0n) is 17.9. The summed E-state index contributed by atoms with van der Waals surface area (Å²) in [5.74, 6) is -0.528. The Kier molecular flexibility index (Phi) is 18.1. The van der Waals surface area contributed by atoms with Crippen molar-refractivity contribution in [2.75, 3.05) is 39.3 Å². The van der Waals surface area contributed by atoms with Gasteiger partial charge in [0.05, 0.1) is 0 Å². The van der Waals surface area contributed by atoms with Crippen LogP contribution in [0.1, 0.15) is 58.3 Å². The van der Waals surface area contributed by atoms with Gasteiger partial charge in [0.2, 0.25) is 12.1 Å². The minimum absolute atomic E-state index is 0.0243. The molecule has 170 valence electrons. The van der Waals surface area contributed by atoms with E-state index in [-0.39, 0.29) is 17.8 Å². The maximum Gasteiger partial charge on any atom is 0.270 e. The summed E-state index contributed by atoms with van der Waals surface area (Å²) in [6.07, 6.45) is 5.66. The fourth-order valence-electron chi connectivity index (χ4n) is 2.59. The Labute approximate surface area is 174 Å². The number of hydrogen-bond donors (Lipinski definition) is 7. The second-order valence-electron chi connectivity index (χ2n) is 6.80. The molecule has 0 aromatic carbocycles. The highest BCUT2D eigenvalue weighted by Gasteiger charge is 2.20. The maximum absolute atomic E-state index is 12.2. The Bertz CT molecular complexity index is 450. The smallest absolute Gasteiger partial charge is 0.270 e. The van der Waals surface area contributed by atoms with Crippen LogP contribution in [0.25, 0.3) is 0 Å². The highest BCUT2D eigenvalue weighted by molar-refractivity contribution is 5.86. The van der Waals surface area contributed by atoms with E-state index >= 15 is 0 Å². The molecule has 1 atom stereocenters. The van der Waals surface area contributed by atoms with Gasteiger partial charge in [-0.25, -0.2) is 0 Å². The van der Waals surface area contributed by atoms with Crippen LogP contribution in [0.3, 0.4) is 0 Å². The lowest BCUT2D eigenvalue weighted by Crippen LogP contribution is -2.48. The van der Waals surface area contributed by atoms with Crippen molar-refractivity contribution in [2.24, 2.45) is 11.5 Å². The van der Waals surface area contributed by atoms with Crippen LogP contribution in [-0.4, -0.2) is 63.3 Å². The summed E-state index contributed by atoms with van der Waals surface area (Å²) in [5, 5.41) is 18.6. The third kappa shape index (κ3) is 17.9. The van der Waals surface area contributed by atoms with Gasteiger partial charge in [0.1, 0.15) is 0 Å². The second-order valence-corrected chi connectivity index (χ2v) is 6.80. The maximum atomic E-state index is 12.2. The summed E-state index contributed by atoms with van der Waals surface area (Å²) in [4.78, 5) is 24.3. The summed E-state index contributed by atoms with van der Waals surface area (Å²) in [6, 6.07) is 0. The predicted molar refractivity (Wildman–Crippen MR) is 115 cm³/mol. The monoisotopic (exact) mass is 415 g/mol. The quantitative estimate of drug-likeness (QED) is 0.0659. The van der Waals surface area contributed by atoms with Crippen molar-refractivity contribution in [2.45, 2.75) is 64.5 Å². The van der Waals surface area contributed by atoms with Crippen LogP contribution in [0.4, 0.5) is 0 Å². The summed E-state index contributed by atoms with van der Waals surface area (Å²) in [6.45, 7) is 5.83. The number of carbonyl (C=O) groups is 2. The molecule has 1 unspecified atom stereocenters. The number of nitrogens with one attached hydrogen (secondary N) is 5. The molecule has 0 aliphatic carbocycles. The Morgan fingerprint density at radius 2 is 1.55 bits per heavy atom. The highest BCUT2D eigenvalue weighted by atomic mass is 16.5. The molecule has 10 nitrogen and oxygen atoms in total. The first-order chi connectivity index (χ1) is 14.0. The van der Waals surface area contributed by atoms with E-state index in [9.17, 15) is 9.59 Å². The van der Waals surface area contributed by atoms with Crippen molar-refractivity contribution in [1.29, 1.82) is 5.41 Å². The van der Waals surface area contributed by atoms with E-state index in [1.165, 1.54) is 0 Å². The summed E-state index contributed by atoms with van der Waals surface area (Å²) < 4.78 is 5.37. The Hall–Kier alpha value is -1.91. The van der Waals surface area contributed by atoms with Crippen LogP contribution in [0.15, 0.2) is 0 Å². The van der Waals surface area contributed by atoms with Crippen LogP contribution in [0, 0.1) is 5.41 Å². The van der Waals surface area contributed by atoms with E-state index in [1.54, 1.807) is 6.92 Å². The number of rotatable bonds is 19. The van der Waals surface area contributed by atoms with Crippen LogP contribution in [0.5, 0.6) is 0 Å². The lowest BCUT2D eigenvalue weighted by atomic mass is 10.1. The van der Waals surface area contributed by atoms with Gasteiger partial charge in [0, 0.05) is 26.1 Å². The molecule has 2 amide bonds. The average molecular weight is 416 g/mol. The third-order valence-corrected chi connectivity index (χ3v) is 4.15. The van der Waals surface area contributed by atoms with Crippen LogP contribution >= 0.6 is 0 Å². The number of carbonyl (C=O) groups excluding carboxylic acids is 2. The van der Waals surface area contributed by atoms with Crippen molar-refractivity contribution >= 4 is 17.8 Å². The predicted octanol–water partition coefficient (Wildman–Crippen LogP) is -0.266. The van der Waals surface area contributed by atoms with Crippen molar-refractivity contribution < 1.29 is 14.3 Å². The Morgan fingerprint density at radius 3 is 2.24 bits per heavy atom. The van der Waals surface area contributed by atoms with Gasteiger partial charge in [-0.05, 0) is 58.7 Å². The van der Waals surface area contributed by atoms with Gasteiger partial charge in [0.25, 0.3) is 5.91 Å². The van der Waals surface area contributed by atoms with Gasteiger partial charge in [-0.15, -0.1) is 0 Å². The van der Waals surface area contributed by atoms with Crippen molar-refractivity contribution in [3.63, 3.8) is 0 Å². The molecule has 0 spiro atoms. The fraction of sp³-hybridized carbons (Fsp3) is 0.842. The molecule has 0 saturated carbocycles. The molecule has 0 aliphatic heterocycles. The molecule has 0 aromatic heterocycles. The summed E-state index contributed by atoms with van der Waals surface area (Å²) >= 11 is 0. The van der Waals surface area contributed by atoms with Crippen LogP contribution in [-0.2, 0) is 14.3 Å². The molecule has 0 rings (SSSR count). The zero-order chi connectivity index (χ0) is 21.7. The molecular weight excluding hydrogens is 374 g/mol. The minimum Gasteiger partial charge on any atom is -0.370 e. The number of ether oxygens (including phenoxy) is 1. The first-order valence-electron chi connectivity index (χ1n) is 10.7. The SMILES string of the molecule is CCOC(NC(=O)CCCCCCNC(=N)N)C(=O)NCCCCNCCCN. The molecule has 9 N–H and O–H groups in total. The van der Waals surface area contributed by atoms with E-state index in [0.717, 1.165) is 58.0 Å². The van der Waals surface area contributed by atoms with E-state index in [4.69, 9.17) is 21.6 Å². The fourth-order valence-corrected chi connectivity index (χ4v) is 2.59. The van der Waals surface area contributed by atoms with Crippen molar-refractivity contribution in [1.82, 2.24) is 21.3 Å². The van der Waals surface area contributed by atoms with Crippen molar-refractivity contribution in [3.8, 4) is 0 Å². The minimum atomic E-state index is -0.949. The topological polar surface area (TPSA) is 167 Å². The van der Waals surface area contributed by atoms with E-state index in [2.05, 4.69) is 21.3 Å². The average Bonchev–Trinajstić information content (AvgIpc) is 2.68. The summed E-state index contributed by atoms with van der Waals surface area (Å²) in [7, 11) is 0. The van der Waals surface area contributed by atoms with Gasteiger partial charge in [-0.1, -0.05) is 12.8 Å². The molecule has 0 aliphatic rings. The van der Waals surface area contributed by atoms with Crippen LogP contribution in [0.2, 0.25) is 0 Å². The van der Waals surface area contributed by atoms with Crippen LogP contribution < -0.4 is 32.7 Å². The normalized spacial score (nSPS) is 11.7. The summed E-state index contributed by atoms with van der Waals surface area (Å²) in [5.41, 5.74) is 10.6. The molecule has 0 radical (unpaired) electrons. The van der Waals surface area contributed by atoms with E-state index in [1.807, 2.05) is 0 Å². The molecule has 29 heavy (non-hydrogen) atoms. The standard InChI is InChI=1S/C19H41N7O3/c1-2-29-18(17(28)24-14-8-7-12-23-13-9-11-20)26-16(27)10-5-3-4-6-15-25-19(21)22/h18,23H,2-15,20H2,1H3,(H,24,28)(H,26,27)(H4,21,22,25). The number of nitrogens with two attached hydrogens (primary N) is 2. The van der Waals surface area contributed by atoms with E-state index < -0.39 is 6.23 Å². The zero-order valence-corrected chi connectivity index (χ0v) is 17.9. The highest BCUT2D eigenvalue weighted by Crippen LogP contribution is 2.03. The molecule has 0 fully saturated rings. The molecule has 0 bridgehead atoms. The number of amides is 2.